The number of rotatable bonds is 7. The summed E-state index contributed by atoms with van der Waals surface area (Å²) in [5.74, 6) is 0.984. The van der Waals surface area contributed by atoms with Crippen molar-refractivity contribution in [1.82, 2.24) is 34.9 Å². The topological polar surface area (TPSA) is 163 Å². The van der Waals surface area contributed by atoms with Gasteiger partial charge in [0.2, 0.25) is 11.7 Å². The maximum Gasteiger partial charge on any atom is 0.240 e. The zero-order chi connectivity index (χ0) is 20.7. The minimum atomic E-state index is -0.560. The lowest BCUT2D eigenvalue weighted by atomic mass is 10.1. The van der Waals surface area contributed by atoms with E-state index in [0.29, 0.717) is 24.0 Å². The van der Waals surface area contributed by atoms with Gasteiger partial charge in [-0.3, -0.25) is 5.41 Å². The molecule has 1 aromatic carbocycles. The molecule has 0 amide bonds. The van der Waals surface area contributed by atoms with Gasteiger partial charge in [0.05, 0.1) is 25.1 Å². The molecule has 5 rings (SSSR count). The third-order valence-electron chi connectivity index (χ3n) is 5.35. The number of amidine groups is 1. The summed E-state index contributed by atoms with van der Waals surface area (Å²) in [5.41, 5.74) is 14.2. The Bertz CT molecular complexity index is 1200. The van der Waals surface area contributed by atoms with E-state index in [-0.39, 0.29) is 12.5 Å². The Morgan fingerprint density at radius 1 is 1.20 bits per heavy atom. The Balaban J connectivity index is 1.31. The van der Waals surface area contributed by atoms with Crippen molar-refractivity contribution in [2.75, 3.05) is 0 Å². The summed E-state index contributed by atoms with van der Waals surface area (Å²) in [7, 11) is 0. The second kappa shape index (κ2) is 6.88. The number of aromatic nitrogens is 7. The molecule has 11 nitrogen and oxygen atoms in total. The molecule has 1 aliphatic carbocycles. The summed E-state index contributed by atoms with van der Waals surface area (Å²) in [4.78, 5) is 4.45. The van der Waals surface area contributed by atoms with Crippen LogP contribution in [0, 0.1) is 5.41 Å². The van der Waals surface area contributed by atoms with Gasteiger partial charge >= 0.3 is 0 Å². The van der Waals surface area contributed by atoms with Gasteiger partial charge < -0.3 is 16.0 Å². The van der Waals surface area contributed by atoms with Gasteiger partial charge in [-0.2, -0.15) is 10.1 Å². The smallest absolute Gasteiger partial charge is 0.240 e. The molecule has 11 heteroatoms. The Morgan fingerprint density at radius 2 is 2.00 bits per heavy atom. The van der Waals surface area contributed by atoms with Crippen molar-refractivity contribution in [1.29, 1.82) is 5.41 Å². The van der Waals surface area contributed by atoms with E-state index in [2.05, 4.69) is 25.6 Å². The standard InChI is InChI=1S/C19H20N10O/c20-11-29-15(5-8-23-29)14-10-28(27-25-14)9-12-1-3-13(4-2-12)16-24-18(30-26-16)19(6-7-19)17(21)22/h1-5,8,10H,6-7,9,11,20H2,(H3,21,22). The van der Waals surface area contributed by atoms with E-state index in [1.54, 1.807) is 15.6 Å². The largest absolute Gasteiger partial charge is 0.387 e. The fourth-order valence-electron chi connectivity index (χ4n) is 3.39. The van der Waals surface area contributed by atoms with Crippen molar-refractivity contribution in [2.24, 2.45) is 11.5 Å². The molecule has 5 N–H and O–H groups in total. The number of hydrogen-bond donors (Lipinski definition) is 3. The highest BCUT2D eigenvalue weighted by molar-refractivity contribution is 5.91. The number of nitrogens with one attached hydrogen (secondary N) is 1. The van der Waals surface area contributed by atoms with Crippen LogP contribution in [0.5, 0.6) is 0 Å². The van der Waals surface area contributed by atoms with E-state index in [0.717, 1.165) is 29.7 Å². The van der Waals surface area contributed by atoms with Crippen LogP contribution in [0.2, 0.25) is 0 Å². The molecule has 0 unspecified atom stereocenters. The van der Waals surface area contributed by atoms with Gasteiger partial charge in [0.25, 0.3) is 0 Å². The molecule has 1 aliphatic rings. The predicted molar refractivity (Wildman–Crippen MR) is 107 cm³/mol. The van der Waals surface area contributed by atoms with Crippen molar-refractivity contribution in [3.05, 3.63) is 54.2 Å². The van der Waals surface area contributed by atoms with Gasteiger partial charge in [-0.1, -0.05) is 34.6 Å². The molecule has 1 fully saturated rings. The van der Waals surface area contributed by atoms with E-state index in [1.165, 1.54) is 0 Å². The van der Waals surface area contributed by atoms with Crippen LogP contribution in [0.1, 0.15) is 24.3 Å². The van der Waals surface area contributed by atoms with Crippen molar-refractivity contribution in [3.63, 3.8) is 0 Å². The maximum absolute atomic E-state index is 7.74. The van der Waals surface area contributed by atoms with Gasteiger partial charge in [-0.05, 0) is 24.5 Å². The molecule has 3 heterocycles. The quantitative estimate of drug-likeness (QED) is 0.305. The number of nitrogens with zero attached hydrogens (tertiary/aromatic N) is 7. The van der Waals surface area contributed by atoms with Crippen LogP contribution in [-0.4, -0.2) is 40.8 Å². The fourth-order valence-corrected chi connectivity index (χ4v) is 3.39. The average molecular weight is 404 g/mol. The van der Waals surface area contributed by atoms with Gasteiger partial charge in [-0.15, -0.1) is 5.10 Å². The highest BCUT2D eigenvalue weighted by Gasteiger charge is 2.52. The predicted octanol–water partition coefficient (Wildman–Crippen LogP) is 1.12. The first kappa shape index (κ1) is 18.2. The zero-order valence-corrected chi connectivity index (χ0v) is 16.1. The van der Waals surface area contributed by atoms with E-state index < -0.39 is 5.41 Å². The molecular formula is C19H20N10O. The van der Waals surface area contributed by atoms with Crippen molar-refractivity contribution in [3.8, 4) is 22.8 Å². The summed E-state index contributed by atoms with van der Waals surface area (Å²) in [6.45, 7) is 0.844. The molecule has 0 atom stereocenters. The summed E-state index contributed by atoms with van der Waals surface area (Å²) in [6, 6.07) is 9.67. The van der Waals surface area contributed by atoms with Crippen LogP contribution < -0.4 is 11.5 Å². The molecule has 30 heavy (non-hydrogen) atoms. The van der Waals surface area contributed by atoms with Crippen molar-refractivity contribution >= 4 is 5.84 Å². The van der Waals surface area contributed by atoms with Gasteiger partial charge in [-0.25, -0.2) is 9.36 Å². The lowest BCUT2D eigenvalue weighted by molar-refractivity contribution is 0.367. The van der Waals surface area contributed by atoms with Gasteiger partial charge in [0, 0.05) is 11.8 Å². The summed E-state index contributed by atoms with van der Waals surface area (Å²) < 4.78 is 8.80. The Hall–Kier alpha value is -3.86. The molecular weight excluding hydrogens is 384 g/mol. The minimum Gasteiger partial charge on any atom is -0.387 e. The van der Waals surface area contributed by atoms with Crippen LogP contribution in [0.25, 0.3) is 22.8 Å². The van der Waals surface area contributed by atoms with Crippen LogP contribution in [0.4, 0.5) is 0 Å². The average Bonchev–Trinajstić information content (AvgIpc) is 3.13. The summed E-state index contributed by atoms with van der Waals surface area (Å²) in [6.07, 6.45) is 5.09. The molecule has 0 aliphatic heterocycles. The molecule has 152 valence electrons. The minimum absolute atomic E-state index is 0.0785. The zero-order valence-electron chi connectivity index (χ0n) is 16.1. The highest BCUT2D eigenvalue weighted by atomic mass is 16.5. The number of hydrogen-bond acceptors (Lipinski definition) is 8. The van der Waals surface area contributed by atoms with Gasteiger partial charge in [0.1, 0.15) is 16.9 Å². The monoisotopic (exact) mass is 404 g/mol. The third kappa shape index (κ3) is 3.05. The Morgan fingerprint density at radius 3 is 2.70 bits per heavy atom. The van der Waals surface area contributed by atoms with E-state index in [9.17, 15) is 0 Å². The second-order valence-corrected chi connectivity index (χ2v) is 7.32. The van der Waals surface area contributed by atoms with Crippen molar-refractivity contribution in [2.45, 2.75) is 31.5 Å². The Kier molecular flexibility index (Phi) is 4.17. The van der Waals surface area contributed by atoms with E-state index >= 15 is 0 Å². The lowest BCUT2D eigenvalue weighted by Crippen LogP contribution is -2.27. The van der Waals surface area contributed by atoms with Crippen molar-refractivity contribution < 1.29 is 4.52 Å². The first-order valence-corrected chi connectivity index (χ1v) is 9.49. The molecule has 1 saturated carbocycles. The van der Waals surface area contributed by atoms with Crippen LogP contribution >= 0.6 is 0 Å². The fraction of sp³-hybridized carbons (Fsp3) is 0.263. The van der Waals surface area contributed by atoms with Crippen LogP contribution in [0.15, 0.2) is 47.2 Å². The molecule has 0 radical (unpaired) electrons. The highest BCUT2D eigenvalue weighted by Crippen LogP contribution is 2.47. The Labute approximate surface area is 171 Å². The van der Waals surface area contributed by atoms with Gasteiger partial charge in [0.15, 0.2) is 0 Å². The first-order chi connectivity index (χ1) is 14.6. The SMILES string of the molecule is N=C(N)C1(c2nc(-c3ccc(Cn4cc(-c5ccnn5CN)nn4)cc3)no2)CC1. The maximum atomic E-state index is 7.74. The van der Waals surface area contributed by atoms with Crippen LogP contribution in [0.3, 0.4) is 0 Å². The molecule has 3 aromatic heterocycles. The molecule has 0 saturated heterocycles. The molecule has 0 bridgehead atoms. The number of nitrogens with two attached hydrogens (primary N) is 2. The first-order valence-electron chi connectivity index (χ1n) is 9.49. The van der Waals surface area contributed by atoms with E-state index in [4.69, 9.17) is 21.4 Å². The molecule has 4 aromatic rings. The summed E-state index contributed by atoms with van der Waals surface area (Å²) >= 11 is 0. The number of benzene rings is 1. The lowest BCUT2D eigenvalue weighted by Gasteiger charge is -2.05. The third-order valence-corrected chi connectivity index (χ3v) is 5.35. The van der Waals surface area contributed by atoms with E-state index in [1.807, 2.05) is 36.5 Å². The second-order valence-electron chi connectivity index (χ2n) is 7.32. The normalized spacial score (nSPS) is 14.7. The summed E-state index contributed by atoms with van der Waals surface area (Å²) in [5, 5.41) is 24.3. The van der Waals surface area contributed by atoms with Crippen LogP contribution in [-0.2, 0) is 18.6 Å². The molecule has 0 spiro atoms.